The van der Waals surface area contributed by atoms with E-state index in [1.807, 2.05) is 13.8 Å². The minimum atomic E-state index is -1.72. The van der Waals surface area contributed by atoms with Crippen molar-refractivity contribution in [3.05, 3.63) is 0 Å². The molecule has 0 aliphatic carbocycles. The topological polar surface area (TPSA) is 9.23 Å². The van der Waals surface area contributed by atoms with Crippen molar-refractivity contribution in [1.82, 2.24) is 0 Å². The lowest BCUT2D eigenvalue weighted by Gasteiger charge is -1.86. The Morgan fingerprint density at radius 1 is 0.636 bits per heavy atom. The Morgan fingerprint density at radius 3 is 0.727 bits per heavy atom. The summed E-state index contributed by atoms with van der Waals surface area (Å²) < 4.78 is 4.83. The molecule has 9 heteroatoms. The second kappa shape index (κ2) is 38.9. The molecule has 0 heterocycles. The molecule has 0 saturated heterocycles. The third kappa shape index (κ3) is 507. The second-order valence-electron chi connectivity index (χ2n) is 5.53. The van der Waals surface area contributed by atoms with Crippen LogP contribution in [0.25, 0.3) is 0 Å². The van der Waals surface area contributed by atoms with Crippen molar-refractivity contribution < 1.29 is 4.74 Å². The molecular formula is C13H37Al2Cl3OSi3. The predicted molar refractivity (Wildman–Crippen MR) is 121 cm³/mol. The zero-order valence-electron chi connectivity index (χ0n) is 16.6. The lowest BCUT2D eigenvalue weighted by atomic mass is 10.8. The smallest absolute Gasteiger partial charge is 0.382 e. The molecule has 6 radical (unpaired) electrons. The standard InChI is InChI=1S/C4H10O.3C3H9Si.2Al.3ClH/c1-3-5-4-2;3*1-4(2)3;;;;;/h3-4H2,1-2H3;3*1-3H3;;;3*1H/q;;;;;+3;;;/p-3. The fraction of sp³-hybridized carbons (Fsp3) is 1.00. The van der Waals surface area contributed by atoms with Crippen LogP contribution in [0.15, 0.2) is 0 Å². The Hall–Kier alpha value is 2.55. The van der Waals surface area contributed by atoms with Crippen molar-refractivity contribution in [3.8, 4) is 0 Å². The van der Waals surface area contributed by atoms with E-state index in [0.29, 0.717) is 0 Å². The first-order valence-corrected chi connectivity index (χ1v) is 21.4. The van der Waals surface area contributed by atoms with Gasteiger partial charge in [0.25, 0.3) is 0 Å². The van der Waals surface area contributed by atoms with Crippen LogP contribution in [-0.2, 0) is 4.74 Å². The quantitative estimate of drug-likeness (QED) is 0.436. The number of rotatable bonds is 2. The third-order valence-corrected chi connectivity index (χ3v) is 0.408. The summed E-state index contributed by atoms with van der Waals surface area (Å²) in [5, 5.41) is 0. The van der Waals surface area contributed by atoms with E-state index >= 15 is 0 Å². The van der Waals surface area contributed by atoms with Gasteiger partial charge >= 0.3 is 11.4 Å². The molecule has 0 atom stereocenters. The first-order chi connectivity index (χ1) is 9.34. The van der Waals surface area contributed by atoms with E-state index in [0.717, 1.165) is 13.2 Å². The molecule has 0 unspecified atom stereocenters. The van der Waals surface area contributed by atoms with E-state index in [4.69, 9.17) is 34.9 Å². The van der Waals surface area contributed by atoms with Crippen LogP contribution >= 0.6 is 30.1 Å². The van der Waals surface area contributed by atoms with Crippen LogP contribution in [0, 0.1) is 0 Å². The van der Waals surface area contributed by atoms with Gasteiger partial charge in [-0.15, -0.1) is 0 Å². The van der Waals surface area contributed by atoms with Crippen molar-refractivity contribution >= 4 is 85.3 Å². The van der Waals surface area contributed by atoms with Gasteiger partial charge in [-0.1, -0.05) is 58.9 Å². The molecule has 0 N–H and O–H groups in total. The van der Waals surface area contributed by atoms with E-state index in [1.165, 1.54) is 0 Å². The first kappa shape index (κ1) is 39.6. The van der Waals surface area contributed by atoms with Crippen molar-refractivity contribution in [2.75, 3.05) is 13.2 Å². The maximum atomic E-state index is 4.94. The normalized spacial score (nSPS) is 8.05. The van der Waals surface area contributed by atoms with Gasteiger partial charge in [0.15, 0.2) is 0 Å². The molecule has 0 aliphatic heterocycles. The van der Waals surface area contributed by atoms with Gasteiger partial charge < -0.3 is 4.74 Å². The molecule has 0 amide bonds. The van der Waals surface area contributed by atoms with Gasteiger partial charge in [-0.25, -0.2) is 30.1 Å². The fourth-order valence-electron chi connectivity index (χ4n) is 0.204. The zero-order chi connectivity index (χ0) is 18.4. The van der Waals surface area contributed by atoms with Crippen LogP contribution in [0.5, 0.6) is 0 Å². The summed E-state index contributed by atoms with van der Waals surface area (Å²) >= 11 is -1.72. The van der Waals surface area contributed by atoms with Crippen molar-refractivity contribution in [2.45, 2.75) is 72.8 Å². The van der Waals surface area contributed by atoms with Crippen LogP contribution in [0.2, 0.25) is 58.9 Å². The van der Waals surface area contributed by atoms with E-state index in [2.05, 4.69) is 58.9 Å². The van der Waals surface area contributed by atoms with Crippen LogP contribution in [0.3, 0.4) is 0 Å². The minimum absolute atomic E-state index is 0. The molecule has 0 rings (SSSR count). The molecule has 0 bridgehead atoms. The van der Waals surface area contributed by atoms with Gasteiger partial charge in [-0.2, -0.15) is 0 Å². The maximum Gasteiger partial charge on any atom is 0.643 e. The van der Waals surface area contributed by atoms with Crippen LogP contribution in [-0.4, -0.2) is 68.3 Å². The summed E-state index contributed by atoms with van der Waals surface area (Å²) in [7, 11) is 15.2. The molecule has 0 saturated carbocycles. The first-order valence-electron chi connectivity index (χ1n) is 7.15. The van der Waals surface area contributed by atoms with Crippen LogP contribution < -0.4 is 0 Å². The van der Waals surface area contributed by atoms with Gasteiger partial charge in [0.2, 0.25) is 0 Å². The highest BCUT2D eigenvalue weighted by Crippen LogP contribution is 1.97. The molecule has 22 heavy (non-hydrogen) atoms. The largest absolute Gasteiger partial charge is 0.643 e. The van der Waals surface area contributed by atoms with Gasteiger partial charge in [-0.05, 0) is 13.8 Å². The Balaban J connectivity index is -0.0000000361. The molecule has 0 aromatic heterocycles. The monoisotopic (exact) mass is 452 g/mol. The van der Waals surface area contributed by atoms with Crippen LogP contribution in [0.4, 0.5) is 0 Å². The van der Waals surface area contributed by atoms with E-state index in [1.54, 1.807) is 0 Å². The Morgan fingerprint density at radius 2 is 0.727 bits per heavy atom. The number of hydrogen-bond acceptors (Lipinski definition) is 1. The molecule has 0 aromatic carbocycles. The molecule has 0 aliphatic rings. The molecule has 0 spiro atoms. The highest BCUT2D eigenvalue weighted by molar-refractivity contribution is 7.54. The van der Waals surface area contributed by atoms with E-state index in [-0.39, 0.29) is 43.8 Å². The fourth-order valence-corrected chi connectivity index (χ4v) is 0.204. The van der Waals surface area contributed by atoms with Crippen molar-refractivity contribution in [1.29, 1.82) is 0 Å². The Kier molecular flexibility index (Phi) is 69.9. The molecule has 1 nitrogen and oxygen atoms in total. The summed E-state index contributed by atoms with van der Waals surface area (Å²) in [6.07, 6.45) is 0. The van der Waals surface area contributed by atoms with E-state index < -0.39 is 11.4 Å². The highest BCUT2D eigenvalue weighted by atomic mass is 35.8. The lowest BCUT2D eigenvalue weighted by molar-refractivity contribution is 0.162. The van der Waals surface area contributed by atoms with Crippen LogP contribution in [0.1, 0.15) is 13.8 Å². The van der Waals surface area contributed by atoms with E-state index in [9.17, 15) is 0 Å². The number of ether oxygens (including phenoxy) is 1. The zero-order valence-corrected chi connectivity index (χ0v) is 24.2. The second-order valence-corrected chi connectivity index (χ2v) is 21.0. The summed E-state index contributed by atoms with van der Waals surface area (Å²) in [4.78, 5) is 0. The van der Waals surface area contributed by atoms with Gasteiger partial charge in [0, 0.05) is 57.0 Å². The summed E-state index contributed by atoms with van der Waals surface area (Å²) in [6.45, 7) is 26.1. The summed E-state index contributed by atoms with van der Waals surface area (Å²) in [5.74, 6) is 0. The Labute approximate surface area is 174 Å². The molecule has 0 fully saturated rings. The minimum Gasteiger partial charge on any atom is -0.382 e. The average molecular weight is 454 g/mol. The molecule has 0 aromatic rings. The van der Waals surface area contributed by atoms with Crippen molar-refractivity contribution in [3.63, 3.8) is 0 Å². The van der Waals surface area contributed by atoms with Crippen molar-refractivity contribution in [2.24, 2.45) is 0 Å². The van der Waals surface area contributed by atoms with Gasteiger partial charge in [0.05, 0.1) is 0 Å². The Bertz CT molecular complexity index is 111. The maximum absolute atomic E-state index is 4.94. The van der Waals surface area contributed by atoms with Gasteiger partial charge in [0.1, 0.15) is 0 Å². The highest BCUT2D eigenvalue weighted by Gasteiger charge is 2.00. The lowest BCUT2D eigenvalue weighted by Crippen LogP contribution is -1.84. The SMILES string of the molecule is CCOCC.C[Si](C)C.C[Si](C)C.C[Si](C)C.[Al].[Cl][Al]([Cl])[Cl]. The molecule has 134 valence electrons. The predicted octanol–water partition coefficient (Wildman–Crippen LogP) is 6.46. The number of halogens is 3. The molecular weight excluding hydrogens is 417 g/mol. The third-order valence-electron chi connectivity index (χ3n) is 0.408. The average Bonchev–Trinajstić information content (AvgIpc) is 2.14. The van der Waals surface area contributed by atoms with Gasteiger partial charge in [-0.3, -0.25) is 0 Å². The summed E-state index contributed by atoms with van der Waals surface area (Å²) in [5.41, 5.74) is 0. The summed E-state index contributed by atoms with van der Waals surface area (Å²) in [6, 6.07) is 0. The number of hydrogen-bond donors (Lipinski definition) is 0.